The van der Waals surface area contributed by atoms with E-state index in [0.717, 1.165) is 43.7 Å². The minimum atomic E-state index is 0.00425. The van der Waals surface area contributed by atoms with E-state index < -0.39 is 0 Å². The maximum atomic E-state index is 12.8. The Labute approximate surface area is 177 Å². The molecule has 2 fully saturated rings. The van der Waals surface area contributed by atoms with Crippen molar-refractivity contribution >= 4 is 23.3 Å². The Morgan fingerprint density at radius 3 is 1.77 bits per heavy atom. The van der Waals surface area contributed by atoms with Gasteiger partial charge in [0.1, 0.15) is 0 Å². The molecule has 0 spiro atoms. The van der Waals surface area contributed by atoms with Crippen LogP contribution in [-0.2, 0) is 0 Å². The molecule has 30 heavy (non-hydrogen) atoms. The molecule has 0 bridgehead atoms. The van der Waals surface area contributed by atoms with Crippen LogP contribution in [0.5, 0.6) is 0 Å². The third-order valence-corrected chi connectivity index (χ3v) is 6.17. The van der Waals surface area contributed by atoms with Gasteiger partial charge in [-0.3, -0.25) is 9.59 Å². The lowest BCUT2D eigenvalue weighted by molar-refractivity contribution is 0.0746. The van der Waals surface area contributed by atoms with Crippen molar-refractivity contribution < 1.29 is 9.59 Å². The first kappa shape index (κ1) is 20.3. The van der Waals surface area contributed by atoms with E-state index in [1.807, 2.05) is 11.0 Å². The number of hydrogen-bond donors (Lipinski definition) is 0. The number of Topliss-reactive ketones (excluding diaryl/α,β-unsaturated/α-hetero) is 1. The lowest BCUT2D eigenvalue weighted by atomic mass is 9.99. The second kappa shape index (κ2) is 8.81. The van der Waals surface area contributed by atoms with Gasteiger partial charge in [0.15, 0.2) is 17.4 Å². The number of piperazine rings is 1. The van der Waals surface area contributed by atoms with Gasteiger partial charge in [-0.1, -0.05) is 19.1 Å². The van der Waals surface area contributed by atoms with Crippen LogP contribution >= 0.6 is 0 Å². The van der Waals surface area contributed by atoms with E-state index in [4.69, 9.17) is 0 Å². The Balaban J connectivity index is 1.32. The molecule has 1 amide bonds. The predicted molar refractivity (Wildman–Crippen MR) is 117 cm³/mol. The summed E-state index contributed by atoms with van der Waals surface area (Å²) < 4.78 is 0. The number of hydrogen-bond acceptors (Lipinski definition) is 6. The van der Waals surface area contributed by atoms with Gasteiger partial charge in [0, 0.05) is 50.4 Å². The van der Waals surface area contributed by atoms with Crippen LogP contribution in [0.2, 0.25) is 0 Å². The highest BCUT2D eigenvalue weighted by Gasteiger charge is 2.24. The largest absolute Gasteiger partial charge is 0.355 e. The van der Waals surface area contributed by atoms with Gasteiger partial charge in [-0.15, -0.1) is 10.2 Å². The van der Waals surface area contributed by atoms with Gasteiger partial charge >= 0.3 is 0 Å². The molecule has 7 nitrogen and oxygen atoms in total. The summed E-state index contributed by atoms with van der Waals surface area (Å²) in [4.78, 5) is 30.5. The fourth-order valence-corrected chi connectivity index (χ4v) is 4.06. The molecular weight excluding hydrogens is 378 g/mol. The minimum Gasteiger partial charge on any atom is -0.355 e. The van der Waals surface area contributed by atoms with Gasteiger partial charge in [0.25, 0.3) is 5.91 Å². The Hall–Kier alpha value is -2.96. The standard InChI is InChI=1S/C23H29N5O2/c1-17-9-11-26(12-10-17)21-7-8-22(25-24-21)27-13-15-28(16-14-27)23(30)20-5-3-19(4-6-20)18(2)29/h3-8,17H,9-16H2,1-2H3. The van der Waals surface area contributed by atoms with E-state index in [1.165, 1.54) is 19.8 Å². The van der Waals surface area contributed by atoms with Crippen molar-refractivity contribution in [2.45, 2.75) is 26.7 Å². The van der Waals surface area contributed by atoms with Crippen molar-refractivity contribution in [1.29, 1.82) is 0 Å². The zero-order valence-electron chi connectivity index (χ0n) is 17.8. The highest BCUT2D eigenvalue weighted by molar-refractivity contribution is 5.97. The zero-order chi connectivity index (χ0) is 21.1. The van der Waals surface area contributed by atoms with E-state index in [0.29, 0.717) is 24.2 Å². The van der Waals surface area contributed by atoms with Gasteiger partial charge < -0.3 is 14.7 Å². The third-order valence-electron chi connectivity index (χ3n) is 6.17. The number of carbonyl (C=O) groups is 2. The van der Waals surface area contributed by atoms with E-state index in [1.54, 1.807) is 24.3 Å². The summed E-state index contributed by atoms with van der Waals surface area (Å²) in [6.07, 6.45) is 2.41. The summed E-state index contributed by atoms with van der Waals surface area (Å²) >= 11 is 0. The van der Waals surface area contributed by atoms with Crippen LogP contribution < -0.4 is 9.80 Å². The normalized spacial score (nSPS) is 17.9. The van der Waals surface area contributed by atoms with Crippen LogP contribution in [0.15, 0.2) is 36.4 Å². The molecule has 2 aromatic rings. The van der Waals surface area contributed by atoms with Crippen LogP contribution in [0, 0.1) is 5.92 Å². The summed E-state index contributed by atoms with van der Waals surface area (Å²) in [5.41, 5.74) is 1.24. The highest BCUT2D eigenvalue weighted by Crippen LogP contribution is 2.22. The van der Waals surface area contributed by atoms with Gasteiger partial charge in [-0.25, -0.2) is 0 Å². The molecule has 0 N–H and O–H groups in total. The van der Waals surface area contributed by atoms with Crippen LogP contribution in [0.3, 0.4) is 0 Å². The summed E-state index contributed by atoms with van der Waals surface area (Å²) in [6, 6.07) is 11.0. The Morgan fingerprint density at radius 1 is 0.767 bits per heavy atom. The molecule has 2 aliphatic heterocycles. The van der Waals surface area contributed by atoms with Crippen molar-refractivity contribution in [1.82, 2.24) is 15.1 Å². The van der Waals surface area contributed by atoms with Crippen molar-refractivity contribution in [3.63, 3.8) is 0 Å². The quantitative estimate of drug-likeness (QED) is 0.726. The summed E-state index contributed by atoms with van der Waals surface area (Å²) in [5, 5.41) is 8.90. The van der Waals surface area contributed by atoms with Crippen LogP contribution in [0.4, 0.5) is 11.6 Å². The number of anilines is 2. The number of carbonyl (C=O) groups excluding carboxylic acids is 2. The minimum absolute atomic E-state index is 0.00425. The first-order chi connectivity index (χ1) is 14.5. The van der Waals surface area contributed by atoms with Crippen LogP contribution in [-0.4, -0.2) is 66.1 Å². The van der Waals surface area contributed by atoms with Gasteiger partial charge in [0.2, 0.25) is 0 Å². The molecule has 0 saturated carbocycles. The second-order valence-electron chi connectivity index (χ2n) is 8.33. The molecule has 0 radical (unpaired) electrons. The summed E-state index contributed by atoms with van der Waals surface area (Å²) in [6.45, 7) is 8.66. The average Bonchev–Trinajstić information content (AvgIpc) is 2.79. The molecule has 0 aliphatic carbocycles. The van der Waals surface area contributed by atoms with Crippen molar-refractivity contribution in [2.24, 2.45) is 5.92 Å². The maximum Gasteiger partial charge on any atom is 0.253 e. The molecule has 1 aromatic heterocycles. The summed E-state index contributed by atoms with van der Waals surface area (Å²) in [7, 11) is 0. The molecule has 2 saturated heterocycles. The lowest BCUT2D eigenvalue weighted by Gasteiger charge is -2.35. The molecule has 0 atom stereocenters. The molecular formula is C23H29N5O2. The highest BCUT2D eigenvalue weighted by atomic mass is 16.2. The zero-order valence-corrected chi connectivity index (χ0v) is 17.8. The van der Waals surface area contributed by atoms with E-state index in [9.17, 15) is 9.59 Å². The first-order valence-electron chi connectivity index (χ1n) is 10.7. The molecule has 0 unspecified atom stereocenters. The Bertz CT molecular complexity index is 881. The van der Waals surface area contributed by atoms with Crippen molar-refractivity contribution in [2.75, 3.05) is 49.1 Å². The number of nitrogens with zero attached hydrogens (tertiary/aromatic N) is 5. The molecule has 158 valence electrons. The fourth-order valence-electron chi connectivity index (χ4n) is 4.06. The summed E-state index contributed by atoms with van der Waals surface area (Å²) in [5.74, 6) is 2.62. The number of aromatic nitrogens is 2. The lowest BCUT2D eigenvalue weighted by Crippen LogP contribution is -2.49. The van der Waals surface area contributed by atoms with Crippen molar-refractivity contribution in [3.05, 3.63) is 47.5 Å². The SMILES string of the molecule is CC(=O)c1ccc(C(=O)N2CCN(c3ccc(N4CCC(C)CC4)nn3)CC2)cc1. The van der Waals surface area contributed by atoms with Gasteiger partial charge in [0.05, 0.1) is 0 Å². The average molecular weight is 408 g/mol. The topological polar surface area (TPSA) is 69.6 Å². The Kier molecular flexibility index (Phi) is 5.97. The van der Waals surface area contributed by atoms with E-state index in [2.05, 4.69) is 33.0 Å². The monoisotopic (exact) mass is 407 g/mol. The number of amides is 1. The number of ketones is 1. The fraction of sp³-hybridized carbons (Fsp3) is 0.478. The van der Waals surface area contributed by atoms with E-state index in [-0.39, 0.29) is 11.7 Å². The predicted octanol–water partition coefficient (Wildman–Crippen LogP) is 2.88. The first-order valence-corrected chi connectivity index (χ1v) is 10.7. The third kappa shape index (κ3) is 4.45. The van der Waals surface area contributed by atoms with Crippen LogP contribution in [0.25, 0.3) is 0 Å². The number of piperidine rings is 1. The van der Waals surface area contributed by atoms with Gasteiger partial charge in [-0.2, -0.15) is 0 Å². The molecule has 3 heterocycles. The number of benzene rings is 1. The molecule has 7 heteroatoms. The molecule has 1 aromatic carbocycles. The number of rotatable bonds is 4. The maximum absolute atomic E-state index is 12.8. The van der Waals surface area contributed by atoms with E-state index >= 15 is 0 Å². The smallest absolute Gasteiger partial charge is 0.253 e. The molecule has 2 aliphatic rings. The van der Waals surface area contributed by atoms with Crippen molar-refractivity contribution in [3.8, 4) is 0 Å². The molecule has 4 rings (SSSR count). The van der Waals surface area contributed by atoms with Crippen LogP contribution in [0.1, 0.15) is 47.4 Å². The second-order valence-corrected chi connectivity index (χ2v) is 8.33. The Morgan fingerprint density at radius 2 is 1.27 bits per heavy atom. The van der Waals surface area contributed by atoms with Gasteiger partial charge in [-0.05, 0) is 49.9 Å².